The van der Waals surface area contributed by atoms with Crippen LogP contribution in [0.3, 0.4) is 0 Å². The molecule has 0 aliphatic carbocycles. The number of nitrogens with zero attached hydrogens (tertiary/aromatic N) is 1. The number of thiazole rings is 1. The molecule has 0 fully saturated rings. The molecule has 0 saturated heterocycles. The highest BCUT2D eigenvalue weighted by Crippen LogP contribution is 2.27. The second-order valence-electron chi connectivity index (χ2n) is 3.84. The lowest BCUT2D eigenvalue weighted by molar-refractivity contribution is 0.0601. The van der Waals surface area contributed by atoms with Crippen LogP contribution in [0.15, 0.2) is 24.4 Å². The maximum atomic E-state index is 11.5. The van der Waals surface area contributed by atoms with Gasteiger partial charge < -0.3 is 14.8 Å². The average molecular weight is 313 g/mol. The zero-order valence-electron chi connectivity index (χ0n) is 11.0. The lowest BCUT2D eigenvalue weighted by Gasteiger charge is -2.11. The largest absolute Gasteiger partial charge is 0.495 e. The quantitative estimate of drug-likeness (QED) is 0.859. The number of ether oxygens (including phenoxy) is 2. The Morgan fingerprint density at radius 3 is 2.85 bits per heavy atom. The first-order valence-corrected chi connectivity index (χ1v) is 6.94. The Bertz CT molecular complexity index is 615. The van der Waals surface area contributed by atoms with E-state index in [0.29, 0.717) is 28.0 Å². The van der Waals surface area contributed by atoms with Gasteiger partial charge in [-0.05, 0) is 18.2 Å². The standard InChI is InChI=1S/C13H13ClN2O3S/c1-18-11-4-3-8(12(17)19-2)5-10(11)15-6-9-7-16-13(14)20-9/h3-5,7,15H,6H2,1-2H3. The Morgan fingerprint density at radius 2 is 2.25 bits per heavy atom. The molecule has 0 bridgehead atoms. The maximum Gasteiger partial charge on any atom is 0.337 e. The number of benzene rings is 1. The van der Waals surface area contributed by atoms with Crippen LogP contribution in [0.1, 0.15) is 15.2 Å². The van der Waals surface area contributed by atoms with Gasteiger partial charge in [-0.3, -0.25) is 0 Å². The summed E-state index contributed by atoms with van der Waals surface area (Å²) in [6, 6.07) is 5.06. The van der Waals surface area contributed by atoms with Gasteiger partial charge in [0.2, 0.25) is 0 Å². The number of hydrogen-bond donors (Lipinski definition) is 1. The minimum atomic E-state index is -0.392. The third-order valence-corrected chi connectivity index (χ3v) is 3.71. The van der Waals surface area contributed by atoms with Crippen molar-refractivity contribution in [1.29, 1.82) is 0 Å². The SMILES string of the molecule is COC(=O)c1ccc(OC)c(NCc2cnc(Cl)s2)c1. The summed E-state index contributed by atoms with van der Waals surface area (Å²) >= 11 is 7.17. The van der Waals surface area contributed by atoms with E-state index >= 15 is 0 Å². The number of anilines is 1. The van der Waals surface area contributed by atoms with Crippen LogP contribution >= 0.6 is 22.9 Å². The summed E-state index contributed by atoms with van der Waals surface area (Å²) in [5.74, 6) is 0.254. The van der Waals surface area contributed by atoms with E-state index in [2.05, 4.69) is 10.3 Å². The Morgan fingerprint density at radius 1 is 1.45 bits per heavy atom. The van der Waals surface area contributed by atoms with Crippen LogP contribution in [0, 0.1) is 0 Å². The van der Waals surface area contributed by atoms with E-state index in [0.717, 1.165) is 4.88 Å². The average Bonchev–Trinajstić information content (AvgIpc) is 2.89. The molecule has 0 spiro atoms. The van der Waals surface area contributed by atoms with Crippen molar-refractivity contribution in [3.8, 4) is 5.75 Å². The molecule has 2 rings (SSSR count). The van der Waals surface area contributed by atoms with Crippen molar-refractivity contribution in [3.63, 3.8) is 0 Å². The maximum absolute atomic E-state index is 11.5. The normalized spacial score (nSPS) is 10.2. The van der Waals surface area contributed by atoms with Gasteiger partial charge in [0.25, 0.3) is 0 Å². The monoisotopic (exact) mass is 312 g/mol. The Kier molecular flexibility index (Phi) is 4.81. The van der Waals surface area contributed by atoms with Gasteiger partial charge in [-0.25, -0.2) is 9.78 Å². The van der Waals surface area contributed by atoms with Crippen LogP contribution < -0.4 is 10.1 Å². The molecule has 0 aliphatic heterocycles. The molecule has 0 radical (unpaired) electrons. The molecule has 0 aliphatic rings. The summed E-state index contributed by atoms with van der Waals surface area (Å²) in [6.07, 6.45) is 1.70. The third kappa shape index (κ3) is 3.40. The summed E-state index contributed by atoms with van der Waals surface area (Å²) in [6.45, 7) is 0.547. The minimum Gasteiger partial charge on any atom is -0.495 e. The number of carbonyl (C=O) groups is 1. The highest BCUT2D eigenvalue weighted by Gasteiger charge is 2.10. The molecule has 106 valence electrons. The van der Waals surface area contributed by atoms with E-state index in [9.17, 15) is 4.79 Å². The predicted octanol–water partition coefficient (Wildman–Crippen LogP) is 3.20. The van der Waals surface area contributed by atoms with Crippen LogP contribution in [0.5, 0.6) is 5.75 Å². The van der Waals surface area contributed by atoms with Gasteiger partial charge in [0, 0.05) is 11.1 Å². The second kappa shape index (κ2) is 6.58. The number of carbonyl (C=O) groups excluding carboxylic acids is 1. The number of hydrogen-bond acceptors (Lipinski definition) is 6. The molecule has 1 aromatic heterocycles. The van der Waals surface area contributed by atoms with E-state index in [1.807, 2.05) is 0 Å². The molecular weight excluding hydrogens is 300 g/mol. The molecule has 1 N–H and O–H groups in total. The fourth-order valence-corrected chi connectivity index (χ4v) is 2.56. The van der Waals surface area contributed by atoms with Crippen molar-refractivity contribution < 1.29 is 14.3 Å². The second-order valence-corrected chi connectivity index (χ2v) is 5.54. The molecule has 7 heteroatoms. The van der Waals surface area contributed by atoms with E-state index in [-0.39, 0.29) is 0 Å². The Balaban J connectivity index is 2.17. The molecule has 0 unspecified atom stereocenters. The molecule has 0 amide bonds. The van der Waals surface area contributed by atoms with Gasteiger partial charge in [0.15, 0.2) is 4.47 Å². The highest BCUT2D eigenvalue weighted by molar-refractivity contribution is 7.15. The van der Waals surface area contributed by atoms with Crippen LogP contribution in [-0.4, -0.2) is 25.2 Å². The molecule has 1 aromatic carbocycles. The smallest absolute Gasteiger partial charge is 0.337 e. The number of halogens is 1. The first kappa shape index (κ1) is 14.6. The summed E-state index contributed by atoms with van der Waals surface area (Å²) in [4.78, 5) is 16.5. The molecule has 0 atom stereocenters. The third-order valence-electron chi connectivity index (χ3n) is 2.60. The lowest BCUT2D eigenvalue weighted by atomic mass is 10.2. The van der Waals surface area contributed by atoms with Crippen LogP contribution in [0.2, 0.25) is 4.47 Å². The van der Waals surface area contributed by atoms with Crippen molar-refractivity contribution in [3.05, 3.63) is 39.3 Å². The van der Waals surface area contributed by atoms with Gasteiger partial charge >= 0.3 is 5.97 Å². The van der Waals surface area contributed by atoms with Crippen molar-refractivity contribution >= 4 is 34.6 Å². The molecule has 20 heavy (non-hydrogen) atoms. The molecular formula is C13H13ClN2O3S. The van der Waals surface area contributed by atoms with E-state index in [1.165, 1.54) is 18.4 Å². The predicted molar refractivity (Wildman–Crippen MR) is 78.8 cm³/mol. The zero-order valence-corrected chi connectivity index (χ0v) is 12.5. The molecule has 0 saturated carbocycles. The van der Waals surface area contributed by atoms with Gasteiger partial charge in [-0.15, -0.1) is 11.3 Å². The van der Waals surface area contributed by atoms with Crippen LogP contribution in [-0.2, 0) is 11.3 Å². The van der Waals surface area contributed by atoms with Gasteiger partial charge in [-0.2, -0.15) is 0 Å². The van der Waals surface area contributed by atoms with Gasteiger partial charge in [0.1, 0.15) is 5.75 Å². The summed E-state index contributed by atoms with van der Waals surface area (Å²) in [7, 11) is 2.92. The fraction of sp³-hybridized carbons (Fsp3) is 0.231. The first-order chi connectivity index (χ1) is 9.63. The molecule has 2 aromatic rings. The summed E-state index contributed by atoms with van der Waals surface area (Å²) in [5.41, 5.74) is 1.16. The fourth-order valence-electron chi connectivity index (χ4n) is 1.64. The van der Waals surface area contributed by atoms with Crippen molar-refractivity contribution in [2.75, 3.05) is 19.5 Å². The van der Waals surface area contributed by atoms with Gasteiger partial charge in [-0.1, -0.05) is 11.6 Å². The van der Waals surface area contributed by atoms with E-state index in [4.69, 9.17) is 21.1 Å². The molecule has 5 nitrogen and oxygen atoms in total. The van der Waals surface area contributed by atoms with Crippen molar-refractivity contribution in [2.45, 2.75) is 6.54 Å². The Labute approximate surface area is 125 Å². The van der Waals surface area contributed by atoms with Crippen molar-refractivity contribution in [1.82, 2.24) is 4.98 Å². The lowest BCUT2D eigenvalue weighted by Crippen LogP contribution is -2.05. The zero-order chi connectivity index (χ0) is 14.5. The highest BCUT2D eigenvalue weighted by atomic mass is 35.5. The number of aromatic nitrogens is 1. The first-order valence-electron chi connectivity index (χ1n) is 5.74. The van der Waals surface area contributed by atoms with E-state index < -0.39 is 5.97 Å². The topological polar surface area (TPSA) is 60.5 Å². The van der Waals surface area contributed by atoms with Crippen LogP contribution in [0.4, 0.5) is 5.69 Å². The summed E-state index contributed by atoms with van der Waals surface area (Å²) < 4.78 is 10.4. The minimum absolute atomic E-state index is 0.392. The van der Waals surface area contributed by atoms with Crippen LogP contribution in [0.25, 0.3) is 0 Å². The molecule has 1 heterocycles. The van der Waals surface area contributed by atoms with Crippen molar-refractivity contribution in [2.24, 2.45) is 0 Å². The Hall–Kier alpha value is -1.79. The van der Waals surface area contributed by atoms with Gasteiger partial charge in [0.05, 0.1) is 32.0 Å². The number of esters is 1. The number of rotatable bonds is 5. The van der Waals surface area contributed by atoms with E-state index in [1.54, 1.807) is 31.5 Å². The number of nitrogens with one attached hydrogen (secondary N) is 1. The number of methoxy groups -OCH3 is 2. The summed E-state index contributed by atoms with van der Waals surface area (Å²) in [5, 5.41) is 3.19.